The Kier molecular flexibility index (Phi) is 4.60. The molecule has 0 aliphatic rings. The monoisotopic (exact) mass is 205 g/mol. The molecule has 0 radical (unpaired) electrons. The molecule has 0 heterocycles. The van der Waals surface area contributed by atoms with E-state index in [-0.39, 0.29) is 5.92 Å². The van der Waals surface area contributed by atoms with Crippen LogP contribution in [0.25, 0.3) is 0 Å². The summed E-state index contributed by atoms with van der Waals surface area (Å²) in [5.74, 6) is -0.00204. The van der Waals surface area contributed by atoms with E-state index >= 15 is 0 Å². The molecule has 14 heavy (non-hydrogen) atoms. The Hall–Kier alpha value is -1.06. The molecule has 0 aromatic carbocycles. The van der Waals surface area contributed by atoms with Crippen molar-refractivity contribution in [2.24, 2.45) is 10.9 Å². The summed E-state index contributed by atoms with van der Waals surface area (Å²) < 4.78 is 36.5. The Balaban J connectivity index is 4.92. The standard InChI is InChI=1S/C10H14F3N/c1-7(2)9(6-14-4)5-8(3)10(11,12)13/h5-7H,4H2,1-3H3/b8-5+,9-6+. The van der Waals surface area contributed by atoms with Crippen molar-refractivity contribution in [3.05, 3.63) is 23.4 Å². The zero-order valence-corrected chi connectivity index (χ0v) is 8.52. The fourth-order valence-electron chi connectivity index (χ4n) is 0.790. The summed E-state index contributed by atoms with van der Waals surface area (Å²) in [4.78, 5) is 3.47. The van der Waals surface area contributed by atoms with E-state index in [4.69, 9.17) is 0 Å². The van der Waals surface area contributed by atoms with Crippen LogP contribution in [-0.2, 0) is 0 Å². The van der Waals surface area contributed by atoms with Crippen LogP contribution in [0.5, 0.6) is 0 Å². The number of aliphatic imine (C=N–C) groups is 1. The van der Waals surface area contributed by atoms with Gasteiger partial charge < -0.3 is 0 Å². The number of rotatable bonds is 3. The average molecular weight is 205 g/mol. The summed E-state index contributed by atoms with van der Waals surface area (Å²) in [6.45, 7) is 7.86. The van der Waals surface area contributed by atoms with Gasteiger partial charge in [0.15, 0.2) is 0 Å². The minimum absolute atomic E-state index is 0.00204. The van der Waals surface area contributed by atoms with Gasteiger partial charge in [0.2, 0.25) is 0 Å². The van der Waals surface area contributed by atoms with Crippen molar-refractivity contribution >= 4 is 6.72 Å². The van der Waals surface area contributed by atoms with E-state index < -0.39 is 11.7 Å². The van der Waals surface area contributed by atoms with E-state index in [2.05, 4.69) is 11.7 Å². The highest BCUT2D eigenvalue weighted by Gasteiger charge is 2.30. The van der Waals surface area contributed by atoms with Gasteiger partial charge in [0, 0.05) is 11.8 Å². The molecule has 0 saturated heterocycles. The summed E-state index contributed by atoms with van der Waals surface area (Å²) in [5.41, 5.74) is -0.101. The second kappa shape index (κ2) is 4.98. The fraction of sp³-hybridized carbons (Fsp3) is 0.500. The topological polar surface area (TPSA) is 12.4 Å². The van der Waals surface area contributed by atoms with E-state index in [1.807, 2.05) is 0 Å². The summed E-state index contributed by atoms with van der Waals surface area (Å²) >= 11 is 0. The van der Waals surface area contributed by atoms with Crippen molar-refractivity contribution in [1.29, 1.82) is 0 Å². The van der Waals surface area contributed by atoms with Gasteiger partial charge in [-0.25, -0.2) is 0 Å². The van der Waals surface area contributed by atoms with Gasteiger partial charge in [-0.2, -0.15) is 13.2 Å². The van der Waals surface area contributed by atoms with E-state index in [0.717, 1.165) is 13.0 Å². The van der Waals surface area contributed by atoms with Crippen molar-refractivity contribution in [3.8, 4) is 0 Å². The Labute approximate surface area is 82.0 Å². The highest BCUT2D eigenvalue weighted by atomic mass is 19.4. The molecule has 0 rings (SSSR count). The van der Waals surface area contributed by atoms with Gasteiger partial charge >= 0.3 is 6.18 Å². The molecule has 0 unspecified atom stereocenters. The first kappa shape index (κ1) is 12.9. The van der Waals surface area contributed by atoms with Crippen LogP contribution in [0.2, 0.25) is 0 Å². The zero-order valence-electron chi connectivity index (χ0n) is 8.52. The molecule has 80 valence electrons. The largest absolute Gasteiger partial charge is 0.412 e. The van der Waals surface area contributed by atoms with E-state index in [1.54, 1.807) is 13.8 Å². The van der Waals surface area contributed by atoms with Gasteiger partial charge in [-0.15, -0.1) is 0 Å². The number of halogens is 3. The van der Waals surface area contributed by atoms with E-state index in [9.17, 15) is 13.2 Å². The molecule has 0 aliphatic carbocycles. The molecule has 4 heteroatoms. The molecule has 1 nitrogen and oxygen atoms in total. The van der Waals surface area contributed by atoms with Gasteiger partial charge in [0.25, 0.3) is 0 Å². The van der Waals surface area contributed by atoms with Crippen molar-refractivity contribution < 1.29 is 13.2 Å². The van der Waals surface area contributed by atoms with Crippen LogP contribution in [0.3, 0.4) is 0 Å². The van der Waals surface area contributed by atoms with E-state index in [0.29, 0.717) is 5.57 Å². The van der Waals surface area contributed by atoms with Gasteiger partial charge in [-0.3, -0.25) is 4.99 Å². The summed E-state index contributed by atoms with van der Waals surface area (Å²) in [6, 6.07) is 0. The number of allylic oxidation sites excluding steroid dienone is 3. The lowest BCUT2D eigenvalue weighted by molar-refractivity contribution is -0.0913. The van der Waals surface area contributed by atoms with Gasteiger partial charge in [-0.05, 0) is 31.2 Å². The third kappa shape index (κ3) is 4.25. The predicted octanol–water partition coefficient (Wildman–Crippen LogP) is 3.74. The highest BCUT2D eigenvalue weighted by molar-refractivity contribution is 5.31. The number of nitrogens with zero attached hydrogens (tertiary/aromatic N) is 1. The predicted molar refractivity (Wildman–Crippen MR) is 52.3 cm³/mol. The molecule has 0 aliphatic heterocycles. The van der Waals surface area contributed by atoms with Crippen LogP contribution < -0.4 is 0 Å². The van der Waals surface area contributed by atoms with Crippen molar-refractivity contribution in [2.45, 2.75) is 26.9 Å². The summed E-state index contributed by atoms with van der Waals surface area (Å²) in [6.07, 6.45) is -1.82. The number of hydrogen-bond donors (Lipinski definition) is 0. The van der Waals surface area contributed by atoms with E-state index in [1.165, 1.54) is 6.20 Å². The molecule has 0 saturated carbocycles. The Bertz CT molecular complexity index is 259. The van der Waals surface area contributed by atoms with Gasteiger partial charge in [0.05, 0.1) is 0 Å². The summed E-state index contributed by atoms with van der Waals surface area (Å²) in [5, 5.41) is 0. The lowest BCUT2D eigenvalue weighted by atomic mass is 10.0. The first-order valence-corrected chi connectivity index (χ1v) is 4.20. The third-order valence-electron chi connectivity index (χ3n) is 1.74. The van der Waals surface area contributed by atoms with Crippen LogP contribution in [0.4, 0.5) is 13.2 Å². The zero-order chi connectivity index (χ0) is 11.4. The lowest BCUT2D eigenvalue weighted by Gasteiger charge is -2.10. The first-order chi connectivity index (χ1) is 6.29. The fourth-order valence-corrected chi connectivity index (χ4v) is 0.790. The number of alkyl halides is 3. The molecule has 0 amide bonds. The molecule has 0 fully saturated rings. The molecule has 0 aromatic rings. The highest BCUT2D eigenvalue weighted by Crippen LogP contribution is 2.27. The Morgan fingerprint density at radius 1 is 1.36 bits per heavy atom. The molecule has 0 bridgehead atoms. The van der Waals surface area contributed by atoms with Crippen molar-refractivity contribution in [3.63, 3.8) is 0 Å². The molecule has 0 spiro atoms. The third-order valence-corrected chi connectivity index (χ3v) is 1.74. The lowest BCUT2D eigenvalue weighted by Crippen LogP contribution is -2.09. The van der Waals surface area contributed by atoms with Crippen LogP contribution in [0.15, 0.2) is 28.4 Å². The molecule has 0 atom stereocenters. The molecule has 0 aromatic heterocycles. The average Bonchev–Trinajstić information content (AvgIpc) is 2.01. The van der Waals surface area contributed by atoms with Crippen LogP contribution >= 0.6 is 0 Å². The molecular formula is C10H14F3N. The van der Waals surface area contributed by atoms with Crippen LogP contribution in [0.1, 0.15) is 20.8 Å². The minimum Gasteiger partial charge on any atom is -0.272 e. The maximum Gasteiger partial charge on any atom is 0.412 e. The quantitative estimate of drug-likeness (QED) is 0.491. The smallest absolute Gasteiger partial charge is 0.272 e. The maximum atomic E-state index is 12.2. The molecular weight excluding hydrogens is 191 g/mol. The number of hydrogen-bond acceptors (Lipinski definition) is 1. The van der Waals surface area contributed by atoms with Crippen LogP contribution in [0, 0.1) is 5.92 Å². The second-order valence-corrected chi connectivity index (χ2v) is 3.29. The maximum absolute atomic E-state index is 12.2. The molecule has 0 N–H and O–H groups in total. The Morgan fingerprint density at radius 2 is 1.86 bits per heavy atom. The minimum atomic E-state index is -4.27. The summed E-state index contributed by atoms with van der Waals surface area (Å²) in [7, 11) is 0. The van der Waals surface area contributed by atoms with Crippen molar-refractivity contribution in [1.82, 2.24) is 0 Å². The van der Waals surface area contributed by atoms with Crippen molar-refractivity contribution in [2.75, 3.05) is 0 Å². The normalized spacial score (nSPS) is 14.8. The second-order valence-electron chi connectivity index (χ2n) is 3.29. The SMILES string of the molecule is C=N/C=C(\C=C(/C)C(F)(F)F)C(C)C. The Morgan fingerprint density at radius 3 is 2.14 bits per heavy atom. The van der Waals surface area contributed by atoms with Gasteiger partial charge in [0.1, 0.15) is 0 Å². The van der Waals surface area contributed by atoms with Crippen LogP contribution in [-0.4, -0.2) is 12.9 Å². The first-order valence-electron chi connectivity index (χ1n) is 4.20. The van der Waals surface area contributed by atoms with Gasteiger partial charge in [-0.1, -0.05) is 13.8 Å².